The lowest BCUT2D eigenvalue weighted by atomic mass is 9.74. The summed E-state index contributed by atoms with van der Waals surface area (Å²) in [5.74, 6) is -1.04. The Balaban J connectivity index is 0.000000497. The van der Waals surface area contributed by atoms with Crippen LogP contribution in [0, 0.1) is 18.6 Å². The van der Waals surface area contributed by atoms with E-state index in [1.54, 1.807) is 6.92 Å². The Kier molecular flexibility index (Phi) is 15.0. The summed E-state index contributed by atoms with van der Waals surface area (Å²) in [7, 11) is 2.01. The van der Waals surface area contributed by atoms with Crippen LogP contribution in [0.25, 0.3) is 0 Å². The molecule has 0 amide bonds. The van der Waals surface area contributed by atoms with Gasteiger partial charge < -0.3 is 20.3 Å². The number of nitrogens with zero attached hydrogens (tertiary/aromatic N) is 1. The third-order valence-electron chi connectivity index (χ3n) is 6.36. The predicted molar refractivity (Wildman–Crippen MR) is 154 cm³/mol. The number of oxime groups is 1. The third-order valence-corrected chi connectivity index (χ3v) is 6.36. The molecule has 0 bridgehead atoms. The molecule has 0 atom stereocenters. The van der Waals surface area contributed by atoms with Gasteiger partial charge in [-0.15, -0.1) is 0 Å². The molecule has 1 saturated carbocycles. The molecule has 1 aliphatic carbocycles. The van der Waals surface area contributed by atoms with Gasteiger partial charge in [-0.05, 0) is 107 Å². The number of halogens is 2. The molecular weight excluding hydrogens is 484 g/mol. The largest absolute Gasteiger partial charge is 0.396 e. The first kappa shape index (κ1) is 33.4. The summed E-state index contributed by atoms with van der Waals surface area (Å²) in [4.78, 5) is 14.1. The molecule has 0 saturated heterocycles. The van der Waals surface area contributed by atoms with Gasteiger partial charge in [-0.3, -0.25) is 0 Å². The van der Waals surface area contributed by atoms with Crippen LogP contribution in [0.15, 0.2) is 47.6 Å². The van der Waals surface area contributed by atoms with Crippen LogP contribution in [0.4, 0.5) is 8.78 Å². The molecular formula is C31H47F2N3O2. The van der Waals surface area contributed by atoms with Crippen LogP contribution in [-0.4, -0.2) is 38.7 Å². The van der Waals surface area contributed by atoms with E-state index in [0.29, 0.717) is 12.2 Å². The number of carbonyl (C=O) groups excluding carboxylic acids is 1. The van der Waals surface area contributed by atoms with Gasteiger partial charge in [0.2, 0.25) is 0 Å². The fraction of sp³-hybridized carbons (Fsp3) is 0.548. The van der Waals surface area contributed by atoms with E-state index in [1.165, 1.54) is 35.9 Å². The highest BCUT2D eigenvalue weighted by Gasteiger charge is 2.36. The van der Waals surface area contributed by atoms with Crippen molar-refractivity contribution < 1.29 is 18.4 Å². The Morgan fingerprint density at radius 2 is 1.66 bits per heavy atom. The minimum absolute atomic E-state index is 0.0419. The highest BCUT2D eigenvalue weighted by molar-refractivity contribution is 5.85. The number of hydrogen-bond donors (Lipinski definition) is 2. The van der Waals surface area contributed by atoms with Crippen LogP contribution >= 0.6 is 0 Å². The van der Waals surface area contributed by atoms with Gasteiger partial charge in [0, 0.05) is 11.6 Å². The molecule has 0 aromatic heterocycles. The molecule has 2 aromatic carbocycles. The Bertz CT molecular complexity index is 942. The SMILES string of the molecule is CC=O.CCON=C1CCC(NCCCNC)(c2cccc(C(C)(C)C)c2)CC1.Cc1cc(F)cc(F)c1. The molecule has 0 radical (unpaired) electrons. The Morgan fingerprint density at radius 1 is 1.05 bits per heavy atom. The summed E-state index contributed by atoms with van der Waals surface area (Å²) in [6, 6.07) is 12.6. The fourth-order valence-electron chi connectivity index (χ4n) is 4.35. The summed E-state index contributed by atoms with van der Waals surface area (Å²) in [6.45, 7) is 14.6. The van der Waals surface area contributed by atoms with Crippen molar-refractivity contribution in [2.24, 2.45) is 5.16 Å². The van der Waals surface area contributed by atoms with Crippen LogP contribution in [0.1, 0.15) is 83.4 Å². The van der Waals surface area contributed by atoms with E-state index in [9.17, 15) is 8.78 Å². The zero-order chi connectivity index (χ0) is 28.6. The molecule has 0 aliphatic heterocycles. The van der Waals surface area contributed by atoms with Crippen molar-refractivity contribution in [1.29, 1.82) is 0 Å². The fourth-order valence-corrected chi connectivity index (χ4v) is 4.35. The maximum atomic E-state index is 12.2. The predicted octanol–water partition coefficient (Wildman–Crippen LogP) is 6.82. The lowest BCUT2D eigenvalue weighted by Gasteiger charge is -2.40. The number of hydrogen-bond acceptors (Lipinski definition) is 5. The molecule has 0 heterocycles. The molecule has 1 aliphatic rings. The number of aryl methyl sites for hydroxylation is 1. The van der Waals surface area contributed by atoms with E-state index in [0.717, 1.165) is 57.5 Å². The number of carbonyl (C=O) groups is 1. The molecule has 5 nitrogen and oxygen atoms in total. The van der Waals surface area contributed by atoms with Gasteiger partial charge in [-0.25, -0.2) is 8.78 Å². The maximum absolute atomic E-state index is 12.2. The molecule has 0 unspecified atom stereocenters. The van der Waals surface area contributed by atoms with E-state index in [-0.39, 0.29) is 11.0 Å². The number of nitrogens with one attached hydrogen (secondary N) is 2. The third kappa shape index (κ3) is 11.8. The van der Waals surface area contributed by atoms with E-state index in [2.05, 4.69) is 60.8 Å². The van der Waals surface area contributed by atoms with E-state index in [4.69, 9.17) is 9.63 Å². The summed E-state index contributed by atoms with van der Waals surface area (Å²) >= 11 is 0. The lowest BCUT2D eigenvalue weighted by molar-refractivity contribution is -0.106. The van der Waals surface area contributed by atoms with Crippen LogP contribution in [0.5, 0.6) is 0 Å². The highest BCUT2D eigenvalue weighted by Crippen LogP contribution is 2.38. The van der Waals surface area contributed by atoms with Crippen molar-refractivity contribution in [3.8, 4) is 0 Å². The van der Waals surface area contributed by atoms with Gasteiger partial charge >= 0.3 is 0 Å². The standard InChI is InChI=1S/C22H37N3O.C7H6F2.C2H4O/c1-6-26-25-20-11-13-22(14-12-20,24-16-8-15-23-5)19-10-7-9-18(17-19)21(2,3)4;1-5-2-6(8)4-7(9)3-5;1-2-3/h7,9-10,17,23-24H,6,8,11-16H2,1-5H3;2-4H,1H3;2H,1H3. The molecule has 1 fully saturated rings. The molecule has 2 N–H and O–H groups in total. The monoisotopic (exact) mass is 531 g/mol. The first-order valence-electron chi connectivity index (χ1n) is 13.5. The van der Waals surface area contributed by atoms with Crippen molar-refractivity contribution in [2.75, 3.05) is 26.7 Å². The van der Waals surface area contributed by atoms with Crippen LogP contribution in [-0.2, 0) is 20.6 Å². The summed E-state index contributed by atoms with van der Waals surface area (Å²) in [6.07, 6.45) is 6.03. The maximum Gasteiger partial charge on any atom is 0.126 e. The average Bonchev–Trinajstić information content (AvgIpc) is 2.86. The summed E-state index contributed by atoms with van der Waals surface area (Å²) in [5, 5.41) is 11.5. The first-order chi connectivity index (χ1) is 18.0. The molecule has 0 spiro atoms. The van der Waals surface area contributed by atoms with Crippen molar-refractivity contribution in [3.05, 3.63) is 70.8 Å². The lowest BCUT2D eigenvalue weighted by Crippen LogP contribution is -2.46. The first-order valence-corrected chi connectivity index (χ1v) is 13.5. The molecule has 38 heavy (non-hydrogen) atoms. The van der Waals surface area contributed by atoms with E-state index in [1.807, 2.05) is 14.0 Å². The average molecular weight is 532 g/mol. The minimum Gasteiger partial charge on any atom is -0.396 e. The van der Waals surface area contributed by atoms with Gasteiger partial charge in [0.15, 0.2) is 0 Å². The molecule has 7 heteroatoms. The molecule has 3 rings (SSSR count). The van der Waals surface area contributed by atoms with Gasteiger partial charge in [0.25, 0.3) is 0 Å². The second-order valence-corrected chi connectivity index (χ2v) is 10.6. The quantitative estimate of drug-likeness (QED) is 0.223. The highest BCUT2D eigenvalue weighted by atomic mass is 19.1. The van der Waals surface area contributed by atoms with Crippen LogP contribution in [0.3, 0.4) is 0 Å². The van der Waals surface area contributed by atoms with Gasteiger partial charge in [-0.2, -0.15) is 0 Å². The molecule has 2 aromatic rings. The zero-order valence-electron chi connectivity index (χ0n) is 24.3. The van der Waals surface area contributed by atoms with Gasteiger partial charge in [0.05, 0.1) is 5.71 Å². The Labute approximate surface area is 228 Å². The van der Waals surface area contributed by atoms with Crippen LogP contribution < -0.4 is 10.6 Å². The van der Waals surface area contributed by atoms with Crippen molar-refractivity contribution in [2.45, 2.75) is 84.6 Å². The normalized spacial score (nSPS) is 16.9. The van der Waals surface area contributed by atoms with Gasteiger partial charge in [0.1, 0.15) is 24.5 Å². The van der Waals surface area contributed by atoms with Crippen molar-refractivity contribution in [3.63, 3.8) is 0 Å². The van der Waals surface area contributed by atoms with Crippen molar-refractivity contribution >= 4 is 12.0 Å². The Morgan fingerprint density at radius 3 is 2.16 bits per heavy atom. The second kappa shape index (κ2) is 17.0. The molecule has 212 valence electrons. The smallest absolute Gasteiger partial charge is 0.126 e. The number of rotatable bonds is 8. The van der Waals surface area contributed by atoms with Gasteiger partial charge in [-0.1, -0.05) is 50.2 Å². The summed E-state index contributed by atoms with van der Waals surface area (Å²) < 4.78 is 24.4. The second-order valence-electron chi connectivity index (χ2n) is 10.6. The zero-order valence-corrected chi connectivity index (χ0v) is 24.3. The van der Waals surface area contributed by atoms with E-state index < -0.39 is 11.6 Å². The number of aldehydes is 1. The van der Waals surface area contributed by atoms with Crippen molar-refractivity contribution in [1.82, 2.24) is 10.6 Å². The summed E-state index contributed by atoms with van der Waals surface area (Å²) in [5.41, 5.74) is 4.84. The number of benzene rings is 2. The Hall–Kier alpha value is -2.64. The topological polar surface area (TPSA) is 62.7 Å². The van der Waals surface area contributed by atoms with Crippen LogP contribution in [0.2, 0.25) is 0 Å². The van der Waals surface area contributed by atoms with E-state index >= 15 is 0 Å². The minimum atomic E-state index is -0.521.